The Morgan fingerprint density at radius 3 is 2.67 bits per heavy atom. The van der Waals surface area contributed by atoms with Gasteiger partial charge in [0.25, 0.3) is 0 Å². The van der Waals surface area contributed by atoms with Gasteiger partial charge in [0, 0.05) is 17.4 Å². The summed E-state index contributed by atoms with van der Waals surface area (Å²) in [6.07, 6.45) is 1.76. The van der Waals surface area contributed by atoms with Crippen molar-refractivity contribution in [2.24, 2.45) is 0 Å². The molecule has 1 aromatic rings. The predicted molar refractivity (Wildman–Crippen MR) is 43.4 cm³/mol. The molecule has 5 heteroatoms. The number of nitrogens with zero attached hydrogens (tertiary/aromatic N) is 1. The molecular weight excluding hydrogens is 160 g/mol. The topological polar surface area (TPSA) is 53.4 Å². The molecule has 3 nitrogen and oxygen atoms in total. The maximum atomic E-state index is 12.9. The van der Waals surface area contributed by atoms with Gasteiger partial charge in [0.05, 0.1) is 0 Å². The van der Waals surface area contributed by atoms with Gasteiger partial charge in [-0.1, -0.05) is 6.92 Å². The van der Waals surface area contributed by atoms with Crippen LogP contribution in [0, 0.1) is 5.82 Å². The van der Waals surface area contributed by atoms with Crippen molar-refractivity contribution >= 4 is 12.6 Å². The summed E-state index contributed by atoms with van der Waals surface area (Å²) in [4.78, 5) is 3.82. The van der Waals surface area contributed by atoms with Gasteiger partial charge in [-0.05, 0) is 12.5 Å². The summed E-state index contributed by atoms with van der Waals surface area (Å²) >= 11 is 0. The Bertz CT molecular complexity index is 280. The number of halogens is 1. The molecule has 0 saturated heterocycles. The summed E-state index contributed by atoms with van der Waals surface area (Å²) in [7, 11) is -1.79. The normalized spacial score (nSPS) is 10.0. The molecule has 0 fully saturated rings. The van der Waals surface area contributed by atoms with Crippen molar-refractivity contribution in [3.63, 3.8) is 0 Å². The molecule has 1 rings (SSSR count). The molecule has 0 aliphatic heterocycles. The average molecular weight is 169 g/mol. The highest BCUT2D eigenvalue weighted by Crippen LogP contribution is 1.98. The number of rotatable bonds is 2. The molecule has 64 valence electrons. The summed E-state index contributed by atoms with van der Waals surface area (Å²) in [5, 5.41) is 17.3. The van der Waals surface area contributed by atoms with E-state index in [9.17, 15) is 4.39 Å². The maximum Gasteiger partial charge on any atom is 0.493 e. The minimum atomic E-state index is -1.79. The number of hydrogen-bond acceptors (Lipinski definition) is 3. The molecule has 0 bridgehead atoms. The van der Waals surface area contributed by atoms with E-state index in [-0.39, 0.29) is 5.46 Å². The predicted octanol–water partition coefficient (Wildman–Crippen LogP) is -0.537. The molecule has 0 unspecified atom stereocenters. The zero-order valence-corrected chi connectivity index (χ0v) is 6.66. The van der Waals surface area contributed by atoms with Crippen molar-refractivity contribution in [2.45, 2.75) is 13.3 Å². The van der Waals surface area contributed by atoms with Gasteiger partial charge in [-0.3, -0.25) is 4.98 Å². The summed E-state index contributed by atoms with van der Waals surface area (Å²) in [6.45, 7) is 1.84. The number of pyridine rings is 1. The standard InChI is InChI=1S/C7H9BFNO2/c1-2-5-3-7(9)6(4-10-5)8(11)12/h3-4,11-12H,2H2,1H3. The van der Waals surface area contributed by atoms with Crippen molar-refractivity contribution < 1.29 is 14.4 Å². The summed E-state index contributed by atoms with van der Waals surface area (Å²) < 4.78 is 12.9. The van der Waals surface area contributed by atoms with Crippen LogP contribution in [0.3, 0.4) is 0 Å². The lowest BCUT2D eigenvalue weighted by Crippen LogP contribution is -2.33. The van der Waals surface area contributed by atoms with E-state index in [1.165, 1.54) is 6.07 Å². The molecule has 12 heavy (non-hydrogen) atoms. The molecule has 0 saturated carbocycles. The van der Waals surface area contributed by atoms with E-state index in [0.717, 1.165) is 6.20 Å². The van der Waals surface area contributed by atoms with Crippen LogP contribution in [0.4, 0.5) is 4.39 Å². The summed E-state index contributed by atoms with van der Waals surface area (Å²) in [5.74, 6) is -0.628. The van der Waals surface area contributed by atoms with E-state index in [4.69, 9.17) is 10.0 Å². The lowest BCUT2D eigenvalue weighted by atomic mass is 9.81. The first kappa shape index (κ1) is 9.16. The number of hydrogen-bond donors (Lipinski definition) is 2. The second-order valence-electron chi connectivity index (χ2n) is 2.42. The molecule has 2 N–H and O–H groups in total. The van der Waals surface area contributed by atoms with Crippen LogP contribution in [0.5, 0.6) is 0 Å². The fourth-order valence-corrected chi connectivity index (χ4v) is 0.864. The zero-order valence-electron chi connectivity index (χ0n) is 6.66. The first-order valence-corrected chi connectivity index (χ1v) is 3.65. The van der Waals surface area contributed by atoms with Gasteiger partial charge >= 0.3 is 7.12 Å². The minimum Gasteiger partial charge on any atom is -0.423 e. The van der Waals surface area contributed by atoms with Crippen molar-refractivity contribution in [3.8, 4) is 0 Å². The van der Waals surface area contributed by atoms with Crippen LogP contribution in [0.25, 0.3) is 0 Å². The van der Waals surface area contributed by atoms with E-state index in [1.807, 2.05) is 6.92 Å². The first-order valence-electron chi connectivity index (χ1n) is 3.65. The second-order valence-corrected chi connectivity index (χ2v) is 2.42. The van der Waals surface area contributed by atoms with Crippen molar-refractivity contribution in [1.82, 2.24) is 4.98 Å². The molecule has 0 amide bonds. The molecule has 0 atom stereocenters. The van der Waals surface area contributed by atoms with Gasteiger partial charge in [-0.15, -0.1) is 0 Å². The Labute approximate surface area is 70.0 Å². The molecule has 0 radical (unpaired) electrons. The van der Waals surface area contributed by atoms with E-state index < -0.39 is 12.9 Å². The lowest BCUT2D eigenvalue weighted by Gasteiger charge is -2.01. The SMILES string of the molecule is CCc1cc(F)c(B(O)O)cn1. The van der Waals surface area contributed by atoms with Crippen molar-refractivity contribution in [1.29, 1.82) is 0 Å². The average Bonchev–Trinajstić information content (AvgIpc) is 2.03. The van der Waals surface area contributed by atoms with Gasteiger partial charge < -0.3 is 10.0 Å². The molecule has 1 aromatic heterocycles. The fourth-order valence-electron chi connectivity index (χ4n) is 0.864. The third-order valence-electron chi connectivity index (χ3n) is 1.58. The highest BCUT2D eigenvalue weighted by Gasteiger charge is 2.16. The van der Waals surface area contributed by atoms with Gasteiger partial charge in [-0.2, -0.15) is 0 Å². The Morgan fingerprint density at radius 2 is 2.25 bits per heavy atom. The third-order valence-corrected chi connectivity index (χ3v) is 1.58. The molecule has 0 aromatic carbocycles. The van der Waals surface area contributed by atoms with Crippen molar-refractivity contribution in [2.75, 3.05) is 0 Å². The molecule has 0 spiro atoms. The van der Waals surface area contributed by atoms with Crippen LogP contribution in [0.2, 0.25) is 0 Å². The van der Waals surface area contributed by atoms with Crippen LogP contribution in [0.1, 0.15) is 12.6 Å². The fraction of sp³-hybridized carbons (Fsp3) is 0.286. The van der Waals surface area contributed by atoms with E-state index >= 15 is 0 Å². The number of aromatic nitrogens is 1. The smallest absolute Gasteiger partial charge is 0.423 e. The summed E-state index contributed by atoms with van der Waals surface area (Å²) in [5.41, 5.74) is 0.407. The largest absolute Gasteiger partial charge is 0.493 e. The second kappa shape index (κ2) is 3.64. The Kier molecular flexibility index (Phi) is 2.78. The lowest BCUT2D eigenvalue weighted by molar-refractivity contribution is 0.422. The number of aryl methyl sites for hydroxylation is 1. The minimum absolute atomic E-state index is 0.188. The quantitative estimate of drug-likeness (QED) is 0.584. The molecule has 0 aliphatic carbocycles. The monoisotopic (exact) mass is 169 g/mol. The van der Waals surface area contributed by atoms with E-state index in [2.05, 4.69) is 4.98 Å². The zero-order chi connectivity index (χ0) is 9.14. The van der Waals surface area contributed by atoms with Crippen LogP contribution < -0.4 is 5.46 Å². The van der Waals surface area contributed by atoms with Gasteiger partial charge in [0.2, 0.25) is 0 Å². The van der Waals surface area contributed by atoms with Crippen LogP contribution in [-0.2, 0) is 6.42 Å². The van der Waals surface area contributed by atoms with Gasteiger partial charge in [-0.25, -0.2) is 4.39 Å². The van der Waals surface area contributed by atoms with Gasteiger partial charge in [0.1, 0.15) is 5.82 Å². The highest BCUT2D eigenvalue weighted by atomic mass is 19.1. The van der Waals surface area contributed by atoms with Crippen LogP contribution in [-0.4, -0.2) is 22.2 Å². The van der Waals surface area contributed by atoms with E-state index in [1.54, 1.807) is 0 Å². The first-order chi connectivity index (χ1) is 5.65. The van der Waals surface area contributed by atoms with Gasteiger partial charge in [0.15, 0.2) is 0 Å². The van der Waals surface area contributed by atoms with E-state index in [0.29, 0.717) is 12.1 Å². The molecular formula is C7H9BFNO2. The summed E-state index contributed by atoms with van der Waals surface area (Å²) in [6, 6.07) is 1.20. The Hall–Kier alpha value is -0.935. The van der Waals surface area contributed by atoms with Crippen molar-refractivity contribution in [3.05, 3.63) is 23.8 Å². The van der Waals surface area contributed by atoms with Crippen LogP contribution >= 0.6 is 0 Å². The molecule has 1 heterocycles. The highest BCUT2D eigenvalue weighted by molar-refractivity contribution is 6.58. The Morgan fingerprint density at radius 1 is 1.58 bits per heavy atom. The maximum absolute atomic E-state index is 12.9. The van der Waals surface area contributed by atoms with Crippen LogP contribution in [0.15, 0.2) is 12.3 Å². The molecule has 0 aliphatic rings. The third kappa shape index (κ3) is 1.81. The Balaban J connectivity index is 3.03.